The van der Waals surface area contributed by atoms with E-state index in [9.17, 15) is 10.1 Å². The van der Waals surface area contributed by atoms with Gasteiger partial charge < -0.3 is 4.98 Å². The van der Waals surface area contributed by atoms with E-state index >= 15 is 0 Å². The van der Waals surface area contributed by atoms with Gasteiger partial charge in [0.25, 0.3) is 5.56 Å². The van der Waals surface area contributed by atoms with Crippen LogP contribution < -0.4 is 5.56 Å². The number of H-pyrrole nitrogens is 1. The SMILES string of the molecule is N#Cc1c2c(c(=O)n3c1[nH]c1ccccc13)CCCC2. The summed E-state index contributed by atoms with van der Waals surface area (Å²) < 4.78 is 1.66. The van der Waals surface area contributed by atoms with E-state index in [2.05, 4.69) is 11.1 Å². The predicted molar refractivity (Wildman–Crippen MR) is 76.9 cm³/mol. The number of rotatable bonds is 0. The van der Waals surface area contributed by atoms with Gasteiger partial charge in [-0.15, -0.1) is 0 Å². The van der Waals surface area contributed by atoms with E-state index in [0.29, 0.717) is 11.2 Å². The maximum Gasteiger partial charge on any atom is 0.260 e. The van der Waals surface area contributed by atoms with Gasteiger partial charge in [-0.3, -0.25) is 9.20 Å². The summed E-state index contributed by atoms with van der Waals surface area (Å²) in [4.78, 5) is 16.0. The molecule has 0 unspecified atom stereocenters. The van der Waals surface area contributed by atoms with Gasteiger partial charge >= 0.3 is 0 Å². The first-order valence-corrected chi connectivity index (χ1v) is 6.88. The lowest BCUT2D eigenvalue weighted by Gasteiger charge is -2.16. The van der Waals surface area contributed by atoms with Crippen LogP contribution in [0.2, 0.25) is 0 Å². The monoisotopic (exact) mass is 263 g/mol. The third-order valence-electron chi connectivity index (χ3n) is 4.20. The molecule has 0 spiro atoms. The second kappa shape index (κ2) is 3.97. The average molecular weight is 263 g/mol. The predicted octanol–water partition coefficient (Wildman–Crippen LogP) is 2.53. The van der Waals surface area contributed by atoms with Crippen molar-refractivity contribution in [2.45, 2.75) is 25.7 Å². The molecule has 4 heteroatoms. The summed E-state index contributed by atoms with van der Waals surface area (Å²) in [5.41, 5.74) is 4.83. The Balaban J connectivity index is 2.30. The summed E-state index contributed by atoms with van der Waals surface area (Å²) in [6, 6.07) is 9.98. The molecule has 1 aliphatic carbocycles. The Morgan fingerprint density at radius 2 is 1.90 bits per heavy atom. The molecule has 0 atom stereocenters. The molecular formula is C16H13N3O. The molecule has 1 aliphatic rings. The topological polar surface area (TPSA) is 61.1 Å². The lowest BCUT2D eigenvalue weighted by molar-refractivity contribution is 0.674. The minimum Gasteiger partial charge on any atom is -0.338 e. The number of aromatic amines is 1. The van der Waals surface area contributed by atoms with Crippen LogP contribution in [0.4, 0.5) is 0 Å². The number of pyridine rings is 1. The molecule has 4 rings (SSSR count). The summed E-state index contributed by atoms with van der Waals surface area (Å²) in [7, 11) is 0. The Morgan fingerprint density at radius 1 is 1.15 bits per heavy atom. The molecule has 4 nitrogen and oxygen atoms in total. The van der Waals surface area contributed by atoms with Gasteiger partial charge in [0.1, 0.15) is 11.7 Å². The highest BCUT2D eigenvalue weighted by molar-refractivity contribution is 5.83. The summed E-state index contributed by atoms with van der Waals surface area (Å²) in [5, 5.41) is 9.52. The van der Waals surface area contributed by atoms with Crippen molar-refractivity contribution in [3.8, 4) is 6.07 Å². The van der Waals surface area contributed by atoms with E-state index in [4.69, 9.17) is 0 Å². The van der Waals surface area contributed by atoms with Crippen molar-refractivity contribution in [3.63, 3.8) is 0 Å². The highest BCUT2D eigenvalue weighted by Gasteiger charge is 2.22. The van der Waals surface area contributed by atoms with Gasteiger partial charge in [0, 0.05) is 5.56 Å². The summed E-state index contributed by atoms with van der Waals surface area (Å²) in [6.45, 7) is 0. The summed E-state index contributed by atoms with van der Waals surface area (Å²) in [5.74, 6) is 0. The van der Waals surface area contributed by atoms with Gasteiger partial charge in [-0.2, -0.15) is 5.26 Å². The number of para-hydroxylation sites is 2. The van der Waals surface area contributed by atoms with Crippen molar-refractivity contribution in [2.24, 2.45) is 0 Å². The minimum atomic E-state index is 0.0335. The fraction of sp³-hybridized carbons (Fsp3) is 0.250. The van der Waals surface area contributed by atoms with E-state index in [1.165, 1.54) is 0 Å². The van der Waals surface area contributed by atoms with Crippen LogP contribution in [0.1, 0.15) is 29.5 Å². The van der Waals surface area contributed by atoms with Crippen LogP contribution in [0.15, 0.2) is 29.1 Å². The molecule has 98 valence electrons. The summed E-state index contributed by atoms with van der Waals surface area (Å²) in [6.07, 6.45) is 3.70. The largest absolute Gasteiger partial charge is 0.338 e. The first kappa shape index (κ1) is 11.3. The number of fused-ring (bicyclic) bond motifs is 4. The van der Waals surface area contributed by atoms with Crippen molar-refractivity contribution in [1.29, 1.82) is 5.26 Å². The van der Waals surface area contributed by atoms with E-state index < -0.39 is 0 Å². The molecule has 0 bridgehead atoms. The molecule has 0 amide bonds. The van der Waals surface area contributed by atoms with Gasteiger partial charge in [-0.25, -0.2) is 0 Å². The third-order valence-corrected chi connectivity index (χ3v) is 4.20. The fourth-order valence-corrected chi connectivity index (χ4v) is 3.28. The van der Waals surface area contributed by atoms with Gasteiger partial charge in [-0.1, -0.05) is 12.1 Å². The molecule has 0 fully saturated rings. The molecule has 3 aromatic rings. The first-order valence-electron chi connectivity index (χ1n) is 6.88. The lowest BCUT2D eigenvalue weighted by Crippen LogP contribution is -2.24. The molecule has 0 radical (unpaired) electrons. The number of hydrogen-bond donors (Lipinski definition) is 1. The minimum absolute atomic E-state index is 0.0335. The highest BCUT2D eigenvalue weighted by atomic mass is 16.1. The van der Waals surface area contributed by atoms with Crippen LogP contribution in [0.3, 0.4) is 0 Å². The Bertz CT molecular complexity index is 940. The smallest absolute Gasteiger partial charge is 0.260 e. The summed E-state index contributed by atoms with van der Waals surface area (Å²) >= 11 is 0. The number of nitrogens with zero attached hydrogens (tertiary/aromatic N) is 2. The molecule has 2 heterocycles. The number of nitrogens with one attached hydrogen (secondary N) is 1. The Labute approximate surface area is 115 Å². The van der Waals surface area contributed by atoms with Gasteiger partial charge in [0.2, 0.25) is 0 Å². The second-order valence-corrected chi connectivity index (χ2v) is 5.28. The molecule has 1 N–H and O–H groups in total. The Morgan fingerprint density at radius 3 is 2.70 bits per heavy atom. The maximum atomic E-state index is 12.7. The standard InChI is InChI=1S/C16H13N3O/c17-9-12-10-5-1-2-6-11(10)16(20)19-14-8-4-3-7-13(14)18-15(12)19/h3-4,7-8,18H,1-2,5-6H2. The van der Waals surface area contributed by atoms with E-state index in [0.717, 1.165) is 47.8 Å². The number of benzene rings is 1. The lowest BCUT2D eigenvalue weighted by atomic mass is 9.90. The molecule has 1 aromatic carbocycles. The van der Waals surface area contributed by atoms with E-state index in [1.54, 1.807) is 4.40 Å². The van der Waals surface area contributed by atoms with Crippen molar-refractivity contribution < 1.29 is 0 Å². The fourth-order valence-electron chi connectivity index (χ4n) is 3.28. The molecule has 20 heavy (non-hydrogen) atoms. The van der Waals surface area contributed by atoms with Crippen LogP contribution in [0.5, 0.6) is 0 Å². The maximum absolute atomic E-state index is 12.7. The van der Waals surface area contributed by atoms with E-state index in [1.807, 2.05) is 24.3 Å². The Kier molecular flexibility index (Phi) is 2.25. The normalized spacial score (nSPS) is 14.3. The van der Waals surface area contributed by atoms with Crippen molar-refractivity contribution in [2.75, 3.05) is 0 Å². The Hall–Kier alpha value is -2.54. The van der Waals surface area contributed by atoms with Crippen LogP contribution in [-0.4, -0.2) is 9.38 Å². The van der Waals surface area contributed by atoms with Gasteiger partial charge in [0.15, 0.2) is 0 Å². The number of nitriles is 1. The molecule has 0 saturated heterocycles. The first-order chi connectivity index (χ1) is 9.81. The zero-order chi connectivity index (χ0) is 13.7. The van der Waals surface area contributed by atoms with Crippen molar-refractivity contribution >= 4 is 16.7 Å². The highest BCUT2D eigenvalue weighted by Crippen LogP contribution is 2.26. The zero-order valence-electron chi connectivity index (χ0n) is 10.9. The number of imidazole rings is 1. The quantitative estimate of drug-likeness (QED) is 0.677. The van der Waals surface area contributed by atoms with Crippen LogP contribution in [-0.2, 0) is 12.8 Å². The third kappa shape index (κ3) is 1.32. The van der Waals surface area contributed by atoms with Gasteiger partial charge in [0.05, 0.1) is 16.6 Å². The second-order valence-electron chi connectivity index (χ2n) is 5.28. The van der Waals surface area contributed by atoms with Crippen LogP contribution in [0, 0.1) is 11.3 Å². The van der Waals surface area contributed by atoms with Crippen molar-refractivity contribution in [1.82, 2.24) is 9.38 Å². The van der Waals surface area contributed by atoms with Crippen LogP contribution >= 0.6 is 0 Å². The molecule has 2 aromatic heterocycles. The van der Waals surface area contributed by atoms with Gasteiger partial charge in [-0.05, 0) is 43.4 Å². The van der Waals surface area contributed by atoms with Crippen molar-refractivity contribution in [3.05, 3.63) is 51.3 Å². The molecule has 0 saturated carbocycles. The van der Waals surface area contributed by atoms with E-state index in [-0.39, 0.29) is 5.56 Å². The van der Waals surface area contributed by atoms with Crippen LogP contribution in [0.25, 0.3) is 16.7 Å². The molecular weight excluding hydrogens is 250 g/mol. The average Bonchev–Trinajstić information content (AvgIpc) is 2.87. The number of hydrogen-bond acceptors (Lipinski definition) is 2. The molecule has 0 aliphatic heterocycles. The zero-order valence-corrected chi connectivity index (χ0v) is 10.9. The number of aromatic nitrogens is 2.